The van der Waals surface area contributed by atoms with Gasteiger partial charge >= 0.3 is 0 Å². The van der Waals surface area contributed by atoms with Gasteiger partial charge in [-0.1, -0.05) is 43.5 Å². The van der Waals surface area contributed by atoms with Crippen LogP contribution in [0.3, 0.4) is 0 Å². The summed E-state index contributed by atoms with van der Waals surface area (Å²) in [6, 6.07) is 14.2. The minimum Gasteiger partial charge on any atom is -0.490 e. The lowest BCUT2D eigenvalue weighted by Gasteiger charge is -2.44. The number of hydrogen-bond acceptors (Lipinski definition) is 5. The molecule has 6 rings (SSSR count). The smallest absolute Gasteiger partial charge is 0.264 e. The minimum absolute atomic E-state index is 0.00502. The van der Waals surface area contributed by atoms with E-state index in [1.807, 2.05) is 12.1 Å². The Hall–Kier alpha value is -2.54. The molecule has 2 aromatic carbocycles. The Kier molecular flexibility index (Phi) is 6.22. The lowest BCUT2D eigenvalue weighted by atomic mass is 9.68. The zero-order valence-electron chi connectivity index (χ0n) is 20.9. The van der Waals surface area contributed by atoms with Gasteiger partial charge in [-0.25, -0.2) is 13.1 Å². The molecule has 0 radical (unpaired) electrons. The number of sulfonamides is 1. The summed E-state index contributed by atoms with van der Waals surface area (Å²) in [5, 5.41) is 0. The fourth-order valence-corrected chi connectivity index (χ4v) is 7.98. The number of hydrogen-bond donors (Lipinski definition) is 1. The number of nitrogens with zero attached hydrogens (tertiary/aromatic N) is 1. The van der Waals surface area contributed by atoms with Crippen molar-refractivity contribution in [3.63, 3.8) is 0 Å². The van der Waals surface area contributed by atoms with Gasteiger partial charge in [-0.3, -0.25) is 4.79 Å². The molecule has 1 N–H and O–H groups in total. The number of rotatable bonds is 0. The van der Waals surface area contributed by atoms with E-state index in [0.29, 0.717) is 30.4 Å². The molecule has 2 heterocycles. The molecule has 192 valence electrons. The van der Waals surface area contributed by atoms with E-state index in [1.165, 1.54) is 24.0 Å². The van der Waals surface area contributed by atoms with Crippen molar-refractivity contribution in [1.82, 2.24) is 4.72 Å². The van der Waals surface area contributed by atoms with Crippen LogP contribution in [-0.2, 0) is 21.9 Å². The maximum Gasteiger partial charge on any atom is 0.264 e. The zero-order valence-corrected chi connectivity index (χ0v) is 21.7. The Balaban J connectivity index is 1.40. The van der Waals surface area contributed by atoms with Crippen LogP contribution in [0.2, 0.25) is 0 Å². The second kappa shape index (κ2) is 9.40. The highest BCUT2D eigenvalue weighted by molar-refractivity contribution is 7.90. The lowest BCUT2D eigenvalue weighted by Crippen LogP contribution is -2.48. The topological polar surface area (TPSA) is 75.7 Å². The van der Waals surface area contributed by atoms with Crippen LogP contribution >= 0.6 is 0 Å². The fourth-order valence-electron chi connectivity index (χ4n) is 6.89. The Morgan fingerprint density at radius 2 is 1.83 bits per heavy atom. The molecular weight excluding hydrogens is 472 g/mol. The molecule has 0 saturated heterocycles. The molecule has 2 aliphatic heterocycles. The van der Waals surface area contributed by atoms with Gasteiger partial charge in [-0.05, 0) is 79.7 Å². The third-order valence-electron chi connectivity index (χ3n) is 9.02. The number of anilines is 1. The predicted molar refractivity (Wildman–Crippen MR) is 141 cm³/mol. The quantitative estimate of drug-likeness (QED) is 0.552. The summed E-state index contributed by atoms with van der Waals surface area (Å²) >= 11 is 0. The van der Waals surface area contributed by atoms with Gasteiger partial charge in [-0.15, -0.1) is 0 Å². The van der Waals surface area contributed by atoms with Crippen LogP contribution in [0, 0.1) is 11.8 Å². The SMILES string of the molecule is O=C1NS(=O)(=O)CCCCC[C@@H]2CC[C@H]2CN2C[C@@]3(CCCc4ccccc43)COc3ccc1cc32. The summed E-state index contributed by atoms with van der Waals surface area (Å²) in [6.45, 7) is 2.42. The fraction of sp³-hybridized carbons (Fsp3) is 0.552. The second-order valence-corrected chi connectivity index (χ2v) is 13.2. The molecule has 2 bridgehead atoms. The first-order valence-electron chi connectivity index (χ1n) is 13.6. The van der Waals surface area contributed by atoms with Crippen molar-refractivity contribution in [2.45, 2.75) is 63.2 Å². The van der Waals surface area contributed by atoms with Gasteiger partial charge in [-0.2, -0.15) is 0 Å². The Morgan fingerprint density at radius 1 is 0.972 bits per heavy atom. The zero-order chi connectivity index (χ0) is 24.8. The van der Waals surface area contributed by atoms with Crippen molar-refractivity contribution in [2.24, 2.45) is 11.8 Å². The highest BCUT2D eigenvalue weighted by atomic mass is 32.2. The van der Waals surface area contributed by atoms with E-state index in [4.69, 9.17) is 4.74 Å². The molecule has 2 aromatic rings. The van der Waals surface area contributed by atoms with E-state index < -0.39 is 15.9 Å². The van der Waals surface area contributed by atoms with Gasteiger partial charge in [0, 0.05) is 24.1 Å². The molecule has 0 unspecified atom stereocenters. The van der Waals surface area contributed by atoms with Crippen LogP contribution in [0.25, 0.3) is 0 Å². The molecule has 3 atom stereocenters. The summed E-state index contributed by atoms with van der Waals surface area (Å²) in [5.41, 5.74) is 4.01. The van der Waals surface area contributed by atoms with Crippen molar-refractivity contribution in [3.8, 4) is 5.75 Å². The molecule has 1 saturated carbocycles. The van der Waals surface area contributed by atoms with E-state index in [9.17, 15) is 13.2 Å². The first kappa shape index (κ1) is 23.8. The number of aryl methyl sites for hydroxylation is 1. The lowest BCUT2D eigenvalue weighted by molar-refractivity contribution is 0.0981. The molecule has 6 nitrogen and oxygen atoms in total. The van der Waals surface area contributed by atoms with Gasteiger partial charge < -0.3 is 9.64 Å². The van der Waals surface area contributed by atoms with E-state index >= 15 is 0 Å². The number of benzene rings is 2. The molecule has 1 spiro atoms. The van der Waals surface area contributed by atoms with Crippen LogP contribution in [0.1, 0.15) is 72.9 Å². The first-order valence-corrected chi connectivity index (χ1v) is 15.2. The molecule has 2 aliphatic carbocycles. The van der Waals surface area contributed by atoms with E-state index in [-0.39, 0.29) is 11.2 Å². The number of ether oxygens (including phenoxy) is 1. The average molecular weight is 509 g/mol. The van der Waals surface area contributed by atoms with Crippen molar-refractivity contribution in [3.05, 3.63) is 59.2 Å². The van der Waals surface area contributed by atoms with Crippen LogP contribution in [0.15, 0.2) is 42.5 Å². The molecule has 1 amide bonds. The predicted octanol–water partition coefficient (Wildman–Crippen LogP) is 4.82. The number of nitrogens with one attached hydrogen (secondary N) is 1. The van der Waals surface area contributed by atoms with Crippen LogP contribution in [0.5, 0.6) is 5.75 Å². The van der Waals surface area contributed by atoms with Gasteiger partial charge in [0.1, 0.15) is 5.75 Å². The Labute approximate surface area is 214 Å². The van der Waals surface area contributed by atoms with Crippen LogP contribution in [-0.4, -0.2) is 39.8 Å². The van der Waals surface area contributed by atoms with Crippen LogP contribution in [0.4, 0.5) is 5.69 Å². The summed E-state index contributed by atoms with van der Waals surface area (Å²) < 4.78 is 33.9. The number of carbonyl (C=O) groups excluding carboxylic acids is 1. The van der Waals surface area contributed by atoms with Crippen molar-refractivity contribution in [1.29, 1.82) is 0 Å². The van der Waals surface area contributed by atoms with E-state index in [2.05, 4.69) is 33.9 Å². The summed E-state index contributed by atoms with van der Waals surface area (Å²) in [4.78, 5) is 15.4. The molecule has 7 heteroatoms. The number of amides is 1. The molecule has 4 aliphatic rings. The molecule has 36 heavy (non-hydrogen) atoms. The van der Waals surface area contributed by atoms with Crippen molar-refractivity contribution >= 4 is 21.6 Å². The monoisotopic (exact) mass is 508 g/mol. The highest BCUT2D eigenvalue weighted by Gasteiger charge is 2.43. The minimum atomic E-state index is -3.65. The summed E-state index contributed by atoms with van der Waals surface area (Å²) in [6.07, 6.45) is 9.49. The summed E-state index contributed by atoms with van der Waals surface area (Å²) in [7, 11) is -3.65. The highest BCUT2D eigenvalue weighted by Crippen LogP contribution is 2.46. The van der Waals surface area contributed by atoms with Gasteiger partial charge in [0.15, 0.2) is 0 Å². The average Bonchev–Trinajstić information content (AvgIpc) is 3.00. The Bertz CT molecular complexity index is 1260. The maximum absolute atomic E-state index is 13.0. The largest absolute Gasteiger partial charge is 0.490 e. The second-order valence-electron chi connectivity index (χ2n) is 11.3. The third kappa shape index (κ3) is 4.51. The van der Waals surface area contributed by atoms with Gasteiger partial charge in [0.25, 0.3) is 5.91 Å². The van der Waals surface area contributed by atoms with E-state index in [1.54, 1.807) is 6.07 Å². The van der Waals surface area contributed by atoms with Crippen molar-refractivity contribution in [2.75, 3.05) is 30.3 Å². The number of carbonyl (C=O) groups is 1. The first-order chi connectivity index (χ1) is 17.4. The standard InChI is InChI=1S/C29H36N2O4S/c32-28-23-13-14-27-26(17-23)31(18-24-12-11-21(24)7-2-1-5-16-36(33,34)30-28)19-29(20-35-27)15-6-9-22-8-3-4-10-25(22)29/h3-4,8,10,13-14,17,21,24H,1-2,5-7,9,11-12,15-16,18-20H2,(H,30,32)/t21-,24+,29+/m1/s1. The number of fused-ring (bicyclic) bond motifs is 4. The third-order valence-corrected chi connectivity index (χ3v) is 10.3. The normalized spacial score (nSPS) is 29.8. The van der Waals surface area contributed by atoms with Gasteiger partial charge in [0.2, 0.25) is 10.0 Å². The summed E-state index contributed by atoms with van der Waals surface area (Å²) in [5.74, 6) is 1.54. The molecule has 0 aromatic heterocycles. The molecular formula is C29H36N2O4S. The van der Waals surface area contributed by atoms with Crippen LogP contribution < -0.4 is 14.4 Å². The van der Waals surface area contributed by atoms with Gasteiger partial charge in [0.05, 0.1) is 18.0 Å². The Morgan fingerprint density at radius 3 is 2.69 bits per heavy atom. The molecule has 1 fully saturated rings. The van der Waals surface area contributed by atoms with Crippen molar-refractivity contribution < 1.29 is 17.9 Å². The maximum atomic E-state index is 13.0. The van der Waals surface area contributed by atoms with E-state index in [0.717, 1.165) is 63.1 Å².